The van der Waals surface area contributed by atoms with E-state index in [4.69, 9.17) is 10.5 Å². The summed E-state index contributed by atoms with van der Waals surface area (Å²) in [5.41, 5.74) is 5.27. The minimum atomic E-state index is -0.430. The van der Waals surface area contributed by atoms with Crippen molar-refractivity contribution in [2.45, 2.75) is 52.1 Å². The van der Waals surface area contributed by atoms with Crippen LogP contribution >= 0.6 is 0 Å². The van der Waals surface area contributed by atoms with Crippen LogP contribution in [0.15, 0.2) is 4.99 Å². The number of esters is 1. The largest absolute Gasteiger partial charge is 0.460 e. The van der Waals surface area contributed by atoms with Crippen LogP contribution < -0.4 is 11.1 Å². The first-order valence-corrected chi connectivity index (χ1v) is 6.62. The maximum atomic E-state index is 11.4. The third-order valence-corrected chi connectivity index (χ3v) is 2.80. The molecule has 1 rings (SSSR count). The van der Waals surface area contributed by atoms with Crippen molar-refractivity contribution in [3.63, 3.8) is 0 Å². The highest BCUT2D eigenvalue weighted by Gasteiger charge is 2.17. The summed E-state index contributed by atoms with van der Waals surface area (Å²) < 4.78 is 5.18. The van der Waals surface area contributed by atoms with Gasteiger partial charge in [-0.05, 0) is 39.5 Å². The number of aliphatic imine (C=N–C) groups is 1. The van der Waals surface area contributed by atoms with E-state index in [1.807, 2.05) is 20.8 Å². The number of ether oxygens (including phenoxy) is 1. The van der Waals surface area contributed by atoms with E-state index in [-0.39, 0.29) is 5.97 Å². The van der Waals surface area contributed by atoms with E-state index >= 15 is 0 Å². The Labute approximate surface area is 109 Å². The second kappa shape index (κ2) is 6.61. The van der Waals surface area contributed by atoms with Crippen LogP contribution in [-0.2, 0) is 9.53 Å². The van der Waals surface area contributed by atoms with Crippen molar-refractivity contribution in [2.24, 2.45) is 16.6 Å². The van der Waals surface area contributed by atoms with Crippen molar-refractivity contribution in [1.29, 1.82) is 0 Å². The number of carbonyl (C=O) groups is 1. The summed E-state index contributed by atoms with van der Waals surface area (Å²) in [6.45, 7) is 6.83. The molecule has 0 amide bonds. The first-order chi connectivity index (χ1) is 8.37. The summed E-state index contributed by atoms with van der Waals surface area (Å²) in [4.78, 5) is 15.7. The lowest BCUT2D eigenvalue weighted by Crippen LogP contribution is -2.35. The molecule has 0 unspecified atom stereocenters. The highest BCUT2D eigenvalue weighted by atomic mass is 16.6. The first kappa shape index (κ1) is 14.8. The normalized spacial score (nSPS) is 17.2. The molecule has 0 radical (unpaired) electrons. The molecular weight excluding hydrogens is 230 g/mol. The zero-order valence-electron chi connectivity index (χ0n) is 11.7. The van der Waals surface area contributed by atoms with Crippen LogP contribution in [-0.4, -0.2) is 30.6 Å². The maximum absolute atomic E-state index is 11.4. The summed E-state index contributed by atoms with van der Waals surface area (Å²) in [6, 6.07) is 0. The van der Waals surface area contributed by atoms with Gasteiger partial charge in [-0.2, -0.15) is 0 Å². The number of guanidine groups is 1. The molecule has 0 atom stereocenters. The fraction of sp³-hybridized carbons (Fsp3) is 0.846. The second-order valence-corrected chi connectivity index (χ2v) is 5.79. The summed E-state index contributed by atoms with van der Waals surface area (Å²) in [5.74, 6) is 0.906. The van der Waals surface area contributed by atoms with Crippen LogP contribution in [0.5, 0.6) is 0 Å². The van der Waals surface area contributed by atoms with Crippen LogP contribution in [0, 0.1) is 5.92 Å². The molecular formula is C13H25N3O2. The Kier molecular flexibility index (Phi) is 5.44. The van der Waals surface area contributed by atoms with Gasteiger partial charge in [-0.25, -0.2) is 0 Å². The van der Waals surface area contributed by atoms with Gasteiger partial charge in [-0.1, -0.05) is 6.42 Å². The predicted molar refractivity (Wildman–Crippen MR) is 72.3 cm³/mol. The zero-order chi connectivity index (χ0) is 13.6. The quantitative estimate of drug-likeness (QED) is 0.442. The van der Waals surface area contributed by atoms with Crippen molar-refractivity contribution >= 4 is 11.9 Å². The van der Waals surface area contributed by atoms with Crippen LogP contribution in [0.1, 0.15) is 46.5 Å². The number of nitrogens with zero attached hydrogens (tertiary/aromatic N) is 1. The summed E-state index contributed by atoms with van der Waals surface area (Å²) in [7, 11) is 0. The fourth-order valence-electron chi connectivity index (χ4n) is 1.64. The van der Waals surface area contributed by atoms with Crippen LogP contribution in [0.2, 0.25) is 0 Å². The Bertz CT molecular complexity index is 304. The number of rotatable bonds is 5. The molecule has 0 bridgehead atoms. The number of hydrogen-bond acceptors (Lipinski definition) is 3. The Morgan fingerprint density at radius 1 is 1.44 bits per heavy atom. The van der Waals surface area contributed by atoms with Gasteiger partial charge in [-0.15, -0.1) is 0 Å². The Balaban J connectivity index is 2.10. The Morgan fingerprint density at radius 2 is 2.11 bits per heavy atom. The third-order valence-electron chi connectivity index (χ3n) is 2.80. The molecule has 1 saturated carbocycles. The number of nitrogens with two attached hydrogens (primary N) is 1. The Morgan fingerprint density at radius 3 is 2.61 bits per heavy atom. The van der Waals surface area contributed by atoms with Gasteiger partial charge in [0.25, 0.3) is 0 Å². The molecule has 0 aromatic heterocycles. The van der Waals surface area contributed by atoms with Crippen molar-refractivity contribution in [2.75, 3.05) is 13.1 Å². The van der Waals surface area contributed by atoms with Crippen molar-refractivity contribution in [1.82, 2.24) is 5.32 Å². The van der Waals surface area contributed by atoms with E-state index < -0.39 is 5.60 Å². The van der Waals surface area contributed by atoms with Crippen molar-refractivity contribution in [3.05, 3.63) is 0 Å². The van der Waals surface area contributed by atoms with E-state index in [0.29, 0.717) is 24.8 Å². The number of carbonyl (C=O) groups excluding carboxylic acids is 1. The first-order valence-electron chi connectivity index (χ1n) is 6.62. The molecule has 3 N–H and O–H groups in total. The lowest BCUT2D eigenvalue weighted by Gasteiger charge is -2.23. The maximum Gasteiger partial charge on any atom is 0.308 e. The standard InChI is InChI=1S/C13H25N3O2/c1-13(2,3)18-11(17)7-8-15-12(14)16-9-10-5-4-6-10/h10H,4-9H2,1-3H3,(H3,14,15,16). The highest BCUT2D eigenvalue weighted by molar-refractivity contribution is 5.78. The van der Waals surface area contributed by atoms with E-state index in [1.165, 1.54) is 19.3 Å². The molecule has 5 heteroatoms. The van der Waals surface area contributed by atoms with Gasteiger partial charge in [0, 0.05) is 13.1 Å². The highest BCUT2D eigenvalue weighted by Crippen LogP contribution is 2.26. The topological polar surface area (TPSA) is 76.7 Å². The fourth-order valence-corrected chi connectivity index (χ4v) is 1.64. The van der Waals surface area contributed by atoms with Crippen LogP contribution in [0.25, 0.3) is 0 Å². The SMILES string of the molecule is CC(C)(C)OC(=O)CCNC(N)=NCC1CCC1. The van der Waals surface area contributed by atoms with E-state index in [1.54, 1.807) is 0 Å². The van der Waals surface area contributed by atoms with E-state index in [2.05, 4.69) is 10.3 Å². The smallest absolute Gasteiger partial charge is 0.308 e. The molecule has 5 nitrogen and oxygen atoms in total. The molecule has 0 saturated heterocycles. The molecule has 0 aromatic rings. The number of hydrogen-bond donors (Lipinski definition) is 2. The van der Waals surface area contributed by atoms with Gasteiger partial charge >= 0.3 is 5.97 Å². The number of nitrogens with one attached hydrogen (secondary N) is 1. The Hall–Kier alpha value is -1.26. The van der Waals surface area contributed by atoms with Crippen molar-refractivity contribution < 1.29 is 9.53 Å². The molecule has 1 aliphatic rings. The molecule has 0 heterocycles. The molecule has 0 aliphatic heterocycles. The third kappa shape index (κ3) is 6.47. The molecule has 104 valence electrons. The minimum Gasteiger partial charge on any atom is -0.460 e. The molecule has 0 aromatic carbocycles. The van der Waals surface area contributed by atoms with Crippen LogP contribution in [0.3, 0.4) is 0 Å². The van der Waals surface area contributed by atoms with E-state index in [9.17, 15) is 4.79 Å². The average Bonchev–Trinajstić information content (AvgIpc) is 2.12. The van der Waals surface area contributed by atoms with E-state index in [0.717, 1.165) is 6.54 Å². The van der Waals surface area contributed by atoms with Gasteiger partial charge in [0.2, 0.25) is 0 Å². The molecule has 18 heavy (non-hydrogen) atoms. The summed E-state index contributed by atoms with van der Waals surface area (Å²) in [5, 5.41) is 2.93. The van der Waals surface area contributed by atoms with Gasteiger partial charge in [0.1, 0.15) is 5.60 Å². The molecule has 0 spiro atoms. The zero-order valence-corrected chi connectivity index (χ0v) is 11.7. The van der Waals surface area contributed by atoms with Crippen LogP contribution in [0.4, 0.5) is 0 Å². The lowest BCUT2D eigenvalue weighted by atomic mass is 9.86. The predicted octanol–water partition coefficient (Wildman–Crippen LogP) is 1.42. The van der Waals surface area contributed by atoms with Gasteiger partial charge in [-0.3, -0.25) is 9.79 Å². The summed E-state index contributed by atoms with van der Waals surface area (Å²) >= 11 is 0. The second-order valence-electron chi connectivity index (χ2n) is 5.79. The minimum absolute atomic E-state index is 0.221. The lowest BCUT2D eigenvalue weighted by molar-refractivity contribution is -0.154. The van der Waals surface area contributed by atoms with Gasteiger partial charge in [0.05, 0.1) is 6.42 Å². The van der Waals surface area contributed by atoms with Gasteiger partial charge in [0.15, 0.2) is 5.96 Å². The molecule has 1 aliphatic carbocycles. The average molecular weight is 255 g/mol. The monoisotopic (exact) mass is 255 g/mol. The summed E-state index contributed by atoms with van der Waals surface area (Å²) in [6.07, 6.45) is 4.13. The molecule has 1 fully saturated rings. The van der Waals surface area contributed by atoms with Crippen molar-refractivity contribution in [3.8, 4) is 0 Å². The van der Waals surface area contributed by atoms with Gasteiger partial charge < -0.3 is 15.8 Å².